The highest BCUT2D eigenvalue weighted by molar-refractivity contribution is 8.18. The zero-order valence-electron chi connectivity index (χ0n) is 26.7. The molecule has 0 N–H and O–H groups in total. The van der Waals surface area contributed by atoms with Crippen LogP contribution >= 0.6 is 35.0 Å². The minimum atomic E-state index is -0.632. The lowest BCUT2D eigenvalue weighted by molar-refractivity contribution is -0.130. The highest BCUT2D eigenvalue weighted by Crippen LogP contribution is 2.56. The number of amidine groups is 1. The molecule has 10 heteroatoms. The van der Waals surface area contributed by atoms with Gasteiger partial charge in [-0.25, -0.2) is 9.79 Å². The Morgan fingerprint density at radius 2 is 1.64 bits per heavy atom. The Labute approximate surface area is 275 Å². The molecule has 1 saturated heterocycles. The first-order chi connectivity index (χ1) is 20.6. The first kappa shape index (κ1) is 32.7. The summed E-state index contributed by atoms with van der Waals surface area (Å²) in [5, 5.41) is 2.13. The van der Waals surface area contributed by atoms with Crippen molar-refractivity contribution in [3.05, 3.63) is 80.3 Å². The molecule has 2 amide bonds. The number of allylic oxidation sites excluding steroid dienone is 1. The van der Waals surface area contributed by atoms with E-state index in [1.54, 1.807) is 4.90 Å². The summed E-state index contributed by atoms with van der Waals surface area (Å²) >= 11 is 14.0. The maximum absolute atomic E-state index is 14.5. The Hall–Kier alpha value is -2.68. The predicted octanol–water partition coefficient (Wildman–Crippen LogP) is 8.48. The summed E-state index contributed by atoms with van der Waals surface area (Å²) in [5.41, 5.74) is 1.85. The van der Waals surface area contributed by atoms with Crippen LogP contribution < -0.4 is 0 Å². The molecule has 0 saturated carbocycles. The third-order valence-corrected chi connectivity index (χ3v) is 9.99. The SMILES string of the molecule is CC(C)C1=C(C(=O)N(C[C@@H]2CCN2C(=O)OC(C)(C)C)C(C)C)SC2=N[C@@](C)(c3ccc(Cl)cc3)[C@@H](c3ccc(Cl)cc3)N21. The molecule has 3 aliphatic heterocycles. The van der Waals surface area contributed by atoms with Crippen molar-refractivity contribution in [1.82, 2.24) is 14.7 Å². The molecule has 3 atom stereocenters. The van der Waals surface area contributed by atoms with Gasteiger partial charge < -0.3 is 19.4 Å². The third kappa shape index (κ3) is 6.22. The van der Waals surface area contributed by atoms with Crippen LogP contribution in [0.2, 0.25) is 10.0 Å². The maximum Gasteiger partial charge on any atom is 0.410 e. The fourth-order valence-corrected chi connectivity index (χ4v) is 7.76. The molecule has 7 nitrogen and oxygen atoms in total. The van der Waals surface area contributed by atoms with E-state index < -0.39 is 11.1 Å². The average Bonchev–Trinajstić information content (AvgIpc) is 3.40. The predicted molar refractivity (Wildman–Crippen MR) is 180 cm³/mol. The molecule has 3 aliphatic rings. The number of thioether (sulfide) groups is 1. The number of ether oxygens (including phenoxy) is 1. The number of nitrogens with zero attached hydrogens (tertiary/aromatic N) is 4. The van der Waals surface area contributed by atoms with E-state index in [1.165, 1.54) is 11.8 Å². The van der Waals surface area contributed by atoms with E-state index in [0.29, 0.717) is 28.0 Å². The van der Waals surface area contributed by atoms with E-state index in [2.05, 4.69) is 25.7 Å². The standard InChI is InChI=1S/C34H42Cl2N4O3S/c1-20(2)27-28(30(41)39(21(3)4)19-26-17-18-38(26)32(42)43-33(5,6)7)44-31-37-34(8,23-11-15-25(36)16-12-23)29(40(27)31)22-9-13-24(35)14-10-22/h9-16,20-21,26,29H,17-19H2,1-8H3/t26-,29+,34-/m0/s1. The van der Waals surface area contributed by atoms with Crippen molar-refractivity contribution in [3.63, 3.8) is 0 Å². The number of hydrogen-bond acceptors (Lipinski definition) is 6. The summed E-state index contributed by atoms with van der Waals surface area (Å²) < 4.78 is 5.63. The van der Waals surface area contributed by atoms with Crippen molar-refractivity contribution in [3.8, 4) is 0 Å². The van der Waals surface area contributed by atoms with Crippen LogP contribution in [0, 0.1) is 5.92 Å². The molecule has 0 aromatic heterocycles. The normalized spacial score (nSPS) is 23.2. The van der Waals surface area contributed by atoms with Gasteiger partial charge >= 0.3 is 6.09 Å². The first-order valence-corrected chi connectivity index (χ1v) is 16.8. The van der Waals surface area contributed by atoms with Crippen LogP contribution in [0.25, 0.3) is 0 Å². The molecule has 0 aliphatic carbocycles. The molecule has 0 spiro atoms. The zero-order valence-corrected chi connectivity index (χ0v) is 29.1. The number of halogens is 2. The highest BCUT2D eigenvalue weighted by Gasteiger charge is 2.53. The lowest BCUT2D eigenvalue weighted by Gasteiger charge is -2.44. The van der Waals surface area contributed by atoms with Crippen molar-refractivity contribution < 1.29 is 14.3 Å². The molecule has 0 unspecified atom stereocenters. The van der Waals surface area contributed by atoms with Gasteiger partial charge in [-0.3, -0.25) is 4.79 Å². The summed E-state index contributed by atoms with van der Waals surface area (Å²) in [6, 6.07) is 15.4. The molecule has 2 aromatic rings. The molecule has 0 bridgehead atoms. The molecular formula is C34H42Cl2N4O3S. The number of carbonyl (C=O) groups excluding carboxylic acids is 2. The number of carbonyl (C=O) groups is 2. The molecule has 0 radical (unpaired) electrons. The second-order valence-electron chi connectivity index (χ2n) is 13.5. The van der Waals surface area contributed by atoms with Gasteiger partial charge in [-0.05, 0) is 101 Å². The van der Waals surface area contributed by atoms with E-state index in [4.69, 9.17) is 32.9 Å². The molecule has 44 heavy (non-hydrogen) atoms. The minimum Gasteiger partial charge on any atom is -0.444 e. The first-order valence-electron chi connectivity index (χ1n) is 15.2. The van der Waals surface area contributed by atoms with Gasteiger partial charge in [0.2, 0.25) is 0 Å². The van der Waals surface area contributed by atoms with Crippen molar-refractivity contribution in [2.75, 3.05) is 13.1 Å². The smallest absolute Gasteiger partial charge is 0.410 e. The van der Waals surface area contributed by atoms with Crippen molar-refractivity contribution in [2.24, 2.45) is 10.9 Å². The second kappa shape index (κ2) is 12.3. The second-order valence-corrected chi connectivity index (χ2v) is 15.4. The summed E-state index contributed by atoms with van der Waals surface area (Å²) in [6.45, 7) is 17.1. The van der Waals surface area contributed by atoms with Crippen molar-refractivity contribution in [2.45, 2.75) is 91.1 Å². The maximum atomic E-state index is 14.5. The zero-order chi connectivity index (χ0) is 32.1. The summed E-state index contributed by atoms with van der Waals surface area (Å²) in [5.74, 6) is 0.0115. The van der Waals surface area contributed by atoms with Gasteiger partial charge in [0, 0.05) is 34.9 Å². The molecule has 5 rings (SSSR count). The highest BCUT2D eigenvalue weighted by atomic mass is 35.5. The van der Waals surface area contributed by atoms with Crippen LogP contribution in [-0.2, 0) is 15.1 Å². The van der Waals surface area contributed by atoms with Gasteiger partial charge in [0.1, 0.15) is 16.0 Å². The van der Waals surface area contributed by atoms with Gasteiger partial charge in [-0.15, -0.1) is 0 Å². The quantitative estimate of drug-likeness (QED) is 0.299. The lowest BCUT2D eigenvalue weighted by atomic mass is 9.81. The fourth-order valence-electron chi connectivity index (χ4n) is 6.14. The summed E-state index contributed by atoms with van der Waals surface area (Å²) in [4.78, 5) is 39.2. The number of benzene rings is 2. The largest absolute Gasteiger partial charge is 0.444 e. The van der Waals surface area contributed by atoms with Crippen LogP contribution in [0.1, 0.15) is 79.0 Å². The van der Waals surface area contributed by atoms with Crippen molar-refractivity contribution >= 4 is 52.1 Å². The van der Waals surface area contributed by atoms with Crippen LogP contribution in [0.3, 0.4) is 0 Å². The average molecular weight is 658 g/mol. The van der Waals surface area contributed by atoms with Crippen LogP contribution in [-0.4, -0.2) is 62.6 Å². The topological polar surface area (TPSA) is 65.5 Å². The minimum absolute atomic E-state index is 0.0371. The number of likely N-dealkylation sites (tertiary alicyclic amines) is 1. The van der Waals surface area contributed by atoms with E-state index in [9.17, 15) is 9.59 Å². The number of aliphatic imine (C=N–C) groups is 1. The van der Waals surface area contributed by atoms with E-state index in [-0.39, 0.29) is 36.0 Å². The number of amides is 2. The fraction of sp³-hybridized carbons (Fsp3) is 0.500. The molecular weight excluding hydrogens is 615 g/mol. The molecule has 3 heterocycles. The Balaban J connectivity index is 1.50. The van der Waals surface area contributed by atoms with Gasteiger partial charge in [0.05, 0.1) is 12.1 Å². The van der Waals surface area contributed by atoms with E-state index in [1.807, 2.05) is 88.0 Å². The van der Waals surface area contributed by atoms with Gasteiger partial charge in [-0.2, -0.15) is 0 Å². The van der Waals surface area contributed by atoms with Gasteiger partial charge in [-0.1, -0.05) is 61.3 Å². The Morgan fingerprint density at radius 3 is 2.14 bits per heavy atom. The third-order valence-electron chi connectivity index (χ3n) is 8.43. The monoisotopic (exact) mass is 656 g/mol. The Kier molecular flexibility index (Phi) is 9.11. The van der Waals surface area contributed by atoms with Gasteiger partial charge in [0.15, 0.2) is 5.17 Å². The van der Waals surface area contributed by atoms with Crippen LogP contribution in [0.5, 0.6) is 0 Å². The van der Waals surface area contributed by atoms with Crippen molar-refractivity contribution in [1.29, 1.82) is 0 Å². The van der Waals surface area contributed by atoms with Crippen LogP contribution in [0.15, 0.2) is 64.1 Å². The number of hydrogen-bond donors (Lipinski definition) is 0. The molecule has 2 aromatic carbocycles. The molecule has 1 fully saturated rings. The number of rotatable bonds is 7. The summed E-state index contributed by atoms with van der Waals surface area (Å²) in [7, 11) is 0. The van der Waals surface area contributed by atoms with E-state index in [0.717, 1.165) is 28.4 Å². The van der Waals surface area contributed by atoms with Crippen LogP contribution in [0.4, 0.5) is 4.79 Å². The summed E-state index contributed by atoms with van der Waals surface area (Å²) in [6.07, 6.45) is 0.500. The van der Waals surface area contributed by atoms with Gasteiger partial charge in [0.25, 0.3) is 5.91 Å². The lowest BCUT2D eigenvalue weighted by Crippen LogP contribution is -2.58. The Morgan fingerprint density at radius 1 is 1.05 bits per heavy atom. The Bertz CT molecular complexity index is 1480. The molecule has 236 valence electrons. The number of fused-ring (bicyclic) bond motifs is 1. The van der Waals surface area contributed by atoms with E-state index >= 15 is 0 Å².